The number of aliphatic hydroxyl groups is 1. The molecule has 0 aliphatic carbocycles. The van der Waals surface area contributed by atoms with Crippen LogP contribution >= 0.6 is 27.5 Å². The van der Waals surface area contributed by atoms with E-state index in [1.807, 2.05) is 0 Å². The molecule has 0 saturated carbocycles. The van der Waals surface area contributed by atoms with E-state index in [9.17, 15) is 27.1 Å². The summed E-state index contributed by atoms with van der Waals surface area (Å²) in [6.45, 7) is 0.0768. The van der Waals surface area contributed by atoms with E-state index in [0.717, 1.165) is 22.5 Å². The highest BCUT2D eigenvalue weighted by atomic mass is 79.9. The molecule has 1 fully saturated rings. The molecule has 29 heavy (non-hydrogen) atoms. The first-order valence-electron chi connectivity index (χ1n) is 8.53. The van der Waals surface area contributed by atoms with Gasteiger partial charge in [0.15, 0.2) is 0 Å². The van der Waals surface area contributed by atoms with E-state index in [4.69, 9.17) is 11.6 Å². The van der Waals surface area contributed by atoms with Crippen LogP contribution in [0.15, 0.2) is 39.7 Å². The highest BCUT2D eigenvalue weighted by Crippen LogP contribution is 2.29. The van der Waals surface area contributed by atoms with Crippen LogP contribution in [-0.4, -0.2) is 42.9 Å². The van der Waals surface area contributed by atoms with Gasteiger partial charge in [-0.15, -0.1) is 0 Å². The summed E-state index contributed by atoms with van der Waals surface area (Å²) in [5.74, 6) is -2.39. The van der Waals surface area contributed by atoms with Crippen molar-refractivity contribution in [3.05, 3.63) is 57.0 Å². The van der Waals surface area contributed by atoms with Crippen LogP contribution in [0.25, 0.3) is 0 Å². The van der Waals surface area contributed by atoms with Gasteiger partial charge in [-0.05, 0) is 59.1 Å². The molecule has 11 heteroatoms. The lowest BCUT2D eigenvalue weighted by atomic mass is 10.1. The van der Waals surface area contributed by atoms with E-state index in [-0.39, 0.29) is 46.7 Å². The predicted octanol–water partition coefficient (Wildman–Crippen LogP) is 3.78. The van der Waals surface area contributed by atoms with Gasteiger partial charge in [-0.1, -0.05) is 11.6 Å². The minimum absolute atomic E-state index is 0.0384. The smallest absolute Gasteiger partial charge is 0.257 e. The molecule has 1 aliphatic heterocycles. The van der Waals surface area contributed by atoms with Crippen LogP contribution in [0.5, 0.6) is 0 Å². The van der Waals surface area contributed by atoms with Crippen LogP contribution in [0.3, 0.4) is 0 Å². The number of nitrogens with one attached hydrogen (secondary N) is 1. The molecule has 3 rings (SSSR count). The average molecular weight is 510 g/mol. The zero-order valence-electron chi connectivity index (χ0n) is 14.8. The Morgan fingerprint density at radius 1 is 1.17 bits per heavy atom. The van der Waals surface area contributed by atoms with Crippen molar-refractivity contribution < 1.29 is 27.1 Å². The molecule has 156 valence electrons. The highest BCUT2D eigenvalue weighted by molar-refractivity contribution is 9.10. The number of halogens is 4. The third-order valence-corrected chi connectivity index (χ3v) is 7.32. The molecule has 0 atom stereocenters. The number of aliphatic hydroxyl groups excluding tert-OH is 1. The third kappa shape index (κ3) is 4.77. The second kappa shape index (κ2) is 8.65. The monoisotopic (exact) mass is 508 g/mol. The first-order valence-corrected chi connectivity index (χ1v) is 11.1. The van der Waals surface area contributed by atoms with Gasteiger partial charge in [-0.3, -0.25) is 4.79 Å². The van der Waals surface area contributed by atoms with Crippen molar-refractivity contribution in [2.75, 3.05) is 18.4 Å². The quantitative estimate of drug-likeness (QED) is 0.657. The van der Waals surface area contributed by atoms with Crippen LogP contribution in [-0.2, 0) is 10.0 Å². The molecule has 2 aromatic carbocycles. The number of amides is 1. The van der Waals surface area contributed by atoms with E-state index in [1.165, 1.54) is 12.1 Å². The van der Waals surface area contributed by atoms with Crippen LogP contribution in [0.1, 0.15) is 23.2 Å². The Morgan fingerprint density at radius 3 is 2.45 bits per heavy atom. The Balaban J connectivity index is 1.92. The number of rotatable bonds is 4. The topological polar surface area (TPSA) is 86.7 Å². The minimum atomic E-state index is -4.22. The van der Waals surface area contributed by atoms with Crippen LogP contribution in [0, 0.1) is 11.6 Å². The lowest BCUT2D eigenvalue weighted by Crippen LogP contribution is -2.40. The molecule has 1 heterocycles. The number of benzene rings is 2. The largest absolute Gasteiger partial charge is 0.393 e. The first kappa shape index (κ1) is 22.1. The fourth-order valence-electron chi connectivity index (χ4n) is 2.89. The van der Waals surface area contributed by atoms with Crippen molar-refractivity contribution in [3.8, 4) is 0 Å². The summed E-state index contributed by atoms with van der Waals surface area (Å²) in [7, 11) is -4.22. The van der Waals surface area contributed by atoms with E-state index in [2.05, 4.69) is 21.2 Å². The molecular weight excluding hydrogens is 494 g/mol. The summed E-state index contributed by atoms with van der Waals surface area (Å²) in [6.07, 6.45) is -0.129. The maximum absolute atomic E-state index is 14.4. The lowest BCUT2D eigenvalue weighted by Gasteiger charge is -2.29. The summed E-state index contributed by atoms with van der Waals surface area (Å²) >= 11 is 8.96. The van der Waals surface area contributed by atoms with Gasteiger partial charge < -0.3 is 10.4 Å². The summed E-state index contributed by atoms with van der Waals surface area (Å²) in [6, 6.07) is 5.41. The van der Waals surface area contributed by atoms with Gasteiger partial charge in [0, 0.05) is 18.8 Å². The second-order valence-corrected chi connectivity index (χ2v) is 9.65. The third-order valence-electron chi connectivity index (χ3n) is 4.48. The van der Waals surface area contributed by atoms with E-state index in [0.29, 0.717) is 0 Å². The predicted molar refractivity (Wildman–Crippen MR) is 107 cm³/mol. The SMILES string of the molecule is O=C(Nc1ccc(F)c(Br)c1)c1cc(S(=O)(=O)N2CCC(O)CC2)c(F)cc1Cl. The maximum Gasteiger partial charge on any atom is 0.257 e. The molecule has 0 spiro atoms. The van der Waals surface area contributed by atoms with E-state index < -0.39 is 38.6 Å². The van der Waals surface area contributed by atoms with Crippen LogP contribution < -0.4 is 5.32 Å². The van der Waals surface area contributed by atoms with Gasteiger partial charge in [0.05, 0.1) is 21.2 Å². The van der Waals surface area contributed by atoms with Gasteiger partial charge in [-0.2, -0.15) is 4.31 Å². The number of nitrogens with zero attached hydrogens (tertiary/aromatic N) is 1. The average Bonchev–Trinajstić information content (AvgIpc) is 2.65. The molecule has 0 unspecified atom stereocenters. The maximum atomic E-state index is 14.4. The van der Waals surface area contributed by atoms with Gasteiger partial charge in [0.25, 0.3) is 5.91 Å². The Labute approximate surface area is 179 Å². The Hall–Kier alpha value is -1.59. The number of piperidine rings is 1. The van der Waals surface area contributed by atoms with Crippen molar-refractivity contribution in [1.29, 1.82) is 0 Å². The molecular formula is C18H16BrClF2N2O4S. The zero-order chi connectivity index (χ0) is 21.3. The first-order chi connectivity index (χ1) is 13.6. The molecule has 0 aromatic heterocycles. The normalized spacial score (nSPS) is 16.0. The molecule has 6 nitrogen and oxygen atoms in total. The molecule has 2 N–H and O–H groups in total. The Morgan fingerprint density at radius 2 is 1.83 bits per heavy atom. The molecule has 1 saturated heterocycles. The number of carbonyl (C=O) groups excluding carboxylic acids is 1. The molecule has 1 amide bonds. The van der Waals surface area contributed by atoms with Gasteiger partial charge in [0.2, 0.25) is 10.0 Å². The summed E-state index contributed by atoms with van der Waals surface area (Å²) in [5.41, 5.74) is -0.0118. The molecule has 1 aliphatic rings. The van der Waals surface area contributed by atoms with Gasteiger partial charge >= 0.3 is 0 Å². The van der Waals surface area contributed by atoms with Crippen molar-refractivity contribution in [2.45, 2.75) is 23.8 Å². The van der Waals surface area contributed by atoms with E-state index in [1.54, 1.807) is 0 Å². The standard InChI is InChI=1S/C18H16BrClF2N2O4S/c19-13-7-10(1-2-15(13)21)23-18(26)12-8-17(16(22)9-14(12)20)29(27,28)24-5-3-11(25)4-6-24/h1-2,7-9,11,25H,3-6H2,(H,23,26). The lowest BCUT2D eigenvalue weighted by molar-refractivity contribution is 0.102. The number of sulfonamides is 1. The van der Waals surface area contributed by atoms with Crippen LogP contribution in [0.2, 0.25) is 5.02 Å². The fraction of sp³-hybridized carbons (Fsp3) is 0.278. The van der Waals surface area contributed by atoms with E-state index >= 15 is 0 Å². The molecule has 0 radical (unpaired) electrons. The Kier molecular flexibility index (Phi) is 6.59. The van der Waals surface area contributed by atoms with Crippen molar-refractivity contribution in [1.82, 2.24) is 4.31 Å². The minimum Gasteiger partial charge on any atom is -0.393 e. The van der Waals surface area contributed by atoms with Crippen molar-refractivity contribution >= 4 is 49.1 Å². The zero-order valence-corrected chi connectivity index (χ0v) is 18.0. The summed E-state index contributed by atoms with van der Waals surface area (Å²) < 4.78 is 54.6. The molecule has 0 bridgehead atoms. The highest BCUT2D eigenvalue weighted by Gasteiger charge is 2.32. The van der Waals surface area contributed by atoms with Gasteiger partial charge in [-0.25, -0.2) is 17.2 Å². The number of anilines is 1. The van der Waals surface area contributed by atoms with Crippen molar-refractivity contribution in [2.24, 2.45) is 0 Å². The van der Waals surface area contributed by atoms with Crippen LogP contribution in [0.4, 0.5) is 14.5 Å². The number of hydrogen-bond donors (Lipinski definition) is 2. The summed E-state index contributed by atoms with van der Waals surface area (Å²) in [4.78, 5) is 11.9. The van der Waals surface area contributed by atoms with Gasteiger partial charge in [0.1, 0.15) is 16.5 Å². The fourth-order valence-corrected chi connectivity index (χ4v) is 5.05. The molecule has 2 aromatic rings. The number of carbonyl (C=O) groups is 1. The Bertz CT molecular complexity index is 1060. The van der Waals surface area contributed by atoms with Crippen molar-refractivity contribution in [3.63, 3.8) is 0 Å². The summed E-state index contributed by atoms with van der Waals surface area (Å²) in [5, 5.41) is 11.8. The number of hydrogen-bond acceptors (Lipinski definition) is 4. The second-order valence-electron chi connectivity index (χ2n) is 6.48.